The predicted molar refractivity (Wildman–Crippen MR) is 72.6 cm³/mol. The van der Waals surface area contributed by atoms with Crippen molar-refractivity contribution in [2.24, 2.45) is 0 Å². The van der Waals surface area contributed by atoms with Crippen LogP contribution < -0.4 is 4.40 Å². The van der Waals surface area contributed by atoms with Crippen molar-refractivity contribution in [2.45, 2.75) is 17.3 Å². The molecule has 1 heterocycles. The van der Waals surface area contributed by atoms with E-state index in [2.05, 4.69) is 28.3 Å². The van der Waals surface area contributed by atoms with E-state index in [-0.39, 0.29) is 5.82 Å². The van der Waals surface area contributed by atoms with Crippen LogP contribution in [0.25, 0.3) is 11.1 Å². The molecule has 88 valence electrons. The molecule has 0 amide bonds. The van der Waals surface area contributed by atoms with Crippen molar-refractivity contribution in [3.63, 3.8) is 0 Å². The third-order valence-corrected chi connectivity index (χ3v) is 7.11. The van der Waals surface area contributed by atoms with Crippen LogP contribution in [-0.2, 0) is 0 Å². The van der Waals surface area contributed by atoms with Gasteiger partial charge in [-0.05, 0) is 0 Å². The van der Waals surface area contributed by atoms with Crippen LogP contribution in [-0.4, -0.2) is 18.3 Å². The maximum atomic E-state index is 14.1. The molecule has 0 aliphatic rings. The number of nitrogens with zero attached hydrogens (tertiary/aromatic N) is 1. The van der Waals surface area contributed by atoms with Gasteiger partial charge in [0.1, 0.15) is 0 Å². The van der Waals surface area contributed by atoms with E-state index >= 15 is 0 Å². The van der Waals surface area contributed by atoms with Crippen LogP contribution in [0.4, 0.5) is 4.39 Å². The van der Waals surface area contributed by atoms with E-state index in [9.17, 15) is 4.39 Å². The van der Waals surface area contributed by atoms with Gasteiger partial charge >= 0.3 is 104 Å². The Labute approximate surface area is 104 Å². The van der Waals surface area contributed by atoms with Gasteiger partial charge in [-0.2, -0.15) is 0 Å². The summed E-state index contributed by atoms with van der Waals surface area (Å²) >= 11 is -1.93. The Bertz CT molecular complexity index is 517. The zero-order chi connectivity index (χ0) is 12.5. The topological polar surface area (TPSA) is 12.9 Å². The zero-order valence-corrected chi connectivity index (χ0v) is 12.5. The van der Waals surface area contributed by atoms with Gasteiger partial charge in [0, 0.05) is 0 Å². The van der Waals surface area contributed by atoms with Crippen LogP contribution in [0.3, 0.4) is 0 Å². The van der Waals surface area contributed by atoms with E-state index in [4.69, 9.17) is 0 Å². The van der Waals surface area contributed by atoms with E-state index in [1.807, 2.05) is 18.2 Å². The molecule has 2 aromatic rings. The van der Waals surface area contributed by atoms with Gasteiger partial charge < -0.3 is 0 Å². The van der Waals surface area contributed by atoms with Crippen molar-refractivity contribution in [1.29, 1.82) is 0 Å². The quantitative estimate of drug-likeness (QED) is 0.772. The third-order valence-electron chi connectivity index (χ3n) is 2.83. The monoisotopic (exact) mass is 291 g/mol. The Hall–Kier alpha value is -1.16. The van der Waals surface area contributed by atoms with Crippen molar-refractivity contribution in [3.05, 3.63) is 48.5 Å². The number of hydrogen-bond donors (Lipinski definition) is 0. The molecule has 0 aliphatic carbocycles. The molecule has 0 fully saturated rings. The Kier molecular flexibility index (Phi) is 3.34. The van der Waals surface area contributed by atoms with Crippen LogP contribution >= 0.6 is 0 Å². The van der Waals surface area contributed by atoms with Crippen molar-refractivity contribution in [3.8, 4) is 11.1 Å². The van der Waals surface area contributed by atoms with Gasteiger partial charge in [0.25, 0.3) is 0 Å². The van der Waals surface area contributed by atoms with Crippen molar-refractivity contribution in [1.82, 2.24) is 4.98 Å². The van der Waals surface area contributed by atoms with E-state index in [1.54, 1.807) is 18.5 Å². The Morgan fingerprint density at radius 3 is 2.18 bits per heavy atom. The first-order valence-corrected chi connectivity index (χ1v) is 13.0. The van der Waals surface area contributed by atoms with E-state index in [0.717, 1.165) is 5.56 Å². The summed E-state index contributed by atoms with van der Waals surface area (Å²) in [5.41, 5.74) is 1.54. The van der Waals surface area contributed by atoms with Crippen LogP contribution in [0.5, 0.6) is 0 Å². The van der Waals surface area contributed by atoms with E-state index in [0.29, 0.717) is 5.56 Å². The second-order valence-electron chi connectivity index (χ2n) is 5.18. The molecule has 0 radical (unpaired) electrons. The number of halogens is 1. The van der Waals surface area contributed by atoms with Gasteiger partial charge in [-0.15, -0.1) is 0 Å². The van der Waals surface area contributed by atoms with Crippen molar-refractivity contribution < 1.29 is 4.39 Å². The summed E-state index contributed by atoms with van der Waals surface area (Å²) in [6, 6.07) is 9.32. The predicted octanol–water partition coefficient (Wildman–Crippen LogP) is 3.43. The van der Waals surface area contributed by atoms with Gasteiger partial charge in [-0.3, -0.25) is 0 Å². The van der Waals surface area contributed by atoms with E-state index in [1.165, 1.54) is 4.40 Å². The van der Waals surface area contributed by atoms with Gasteiger partial charge in [-0.25, -0.2) is 0 Å². The maximum absolute atomic E-state index is 14.1. The molecule has 0 unspecified atom stereocenters. The number of pyridine rings is 1. The second kappa shape index (κ2) is 4.61. The summed E-state index contributed by atoms with van der Waals surface area (Å²) in [5.74, 6) is 6.66. The molecule has 0 atom stereocenters. The molecule has 0 saturated carbocycles. The Morgan fingerprint density at radius 2 is 1.65 bits per heavy atom. The molecule has 1 nitrogen and oxygen atoms in total. The van der Waals surface area contributed by atoms with Gasteiger partial charge in [0.05, 0.1) is 0 Å². The molecule has 0 aliphatic heterocycles. The third kappa shape index (κ3) is 2.75. The van der Waals surface area contributed by atoms with Crippen LogP contribution in [0.15, 0.2) is 42.7 Å². The van der Waals surface area contributed by atoms with Gasteiger partial charge in [0.15, 0.2) is 0 Å². The number of hydrogen-bond acceptors (Lipinski definition) is 1. The average Bonchev–Trinajstić information content (AvgIpc) is 2.29. The SMILES string of the molecule is [CH3][Ge]([CH3])([CH3])[c]1ccc(-c2ccncc2)c(F)c1. The molecule has 0 spiro atoms. The minimum absolute atomic E-state index is 0.130. The molecule has 2 rings (SSSR count). The fraction of sp³-hybridized carbons (Fsp3) is 0.214. The number of benzene rings is 1. The summed E-state index contributed by atoms with van der Waals surface area (Å²) in [6.07, 6.45) is 3.37. The fourth-order valence-corrected chi connectivity index (χ4v) is 4.15. The zero-order valence-electron chi connectivity index (χ0n) is 10.4. The normalized spacial score (nSPS) is 11.5. The first-order valence-electron chi connectivity index (χ1n) is 5.69. The molecule has 0 saturated heterocycles. The fourth-order valence-electron chi connectivity index (χ4n) is 1.75. The summed E-state index contributed by atoms with van der Waals surface area (Å²) < 4.78 is 15.3. The summed E-state index contributed by atoms with van der Waals surface area (Å²) in [5, 5.41) is 0. The Balaban J connectivity index is 2.46. The summed E-state index contributed by atoms with van der Waals surface area (Å²) in [4.78, 5) is 3.94. The summed E-state index contributed by atoms with van der Waals surface area (Å²) in [7, 11) is 0. The molecule has 0 N–H and O–H groups in total. The first kappa shape index (κ1) is 12.3. The molecular formula is C14H16FGeN. The minimum atomic E-state index is -1.93. The average molecular weight is 290 g/mol. The number of rotatable bonds is 2. The van der Waals surface area contributed by atoms with Crippen molar-refractivity contribution in [2.75, 3.05) is 0 Å². The molecular weight excluding hydrogens is 274 g/mol. The number of aromatic nitrogens is 1. The molecule has 0 bridgehead atoms. The molecule has 1 aromatic carbocycles. The first-order chi connectivity index (χ1) is 7.98. The van der Waals surface area contributed by atoms with Crippen LogP contribution in [0.2, 0.25) is 17.3 Å². The van der Waals surface area contributed by atoms with E-state index < -0.39 is 13.3 Å². The standard InChI is InChI=1S/C14H16FGeN/c1-16(2,3)12-4-5-13(14(15)10-12)11-6-8-17-9-7-11/h4-10H,1-3H3. The molecule has 1 aromatic heterocycles. The van der Waals surface area contributed by atoms with Gasteiger partial charge in [-0.1, -0.05) is 0 Å². The molecule has 17 heavy (non-hydrogen) atoms. The second-order valence-corrected chi connectivity index (χ2v) is 15.8. The van der Waals surface area contributed by atoms with Crippen LogP contribution in [0.1, 0.15) is 0 Å². The summed E-state index contributed by atoms with van der Waals surface area (Å²) in [6.45, 7) is 0. The molecule has 3 heteroatoms. The van der Waals surface area contributed by atoms with Crippen molar-refractivity contribution >= 4 is 17.7 Å². The van der Waals surface area contributed by atoms with Crippen LogP contribution in [0, 0.1) is 5.82 Å². The Morgan fingerprint density at radius 1 is 1.00 bits per heavy atom. The van der Waals surface area contributed by atoms with Gasteiger partial charge in [0.2, 0.25) is 0 Å².